The fourth-order valence-corrected chi connectivity index (χ4v) is 6.49. The Hall–Kier alpha value is -2.01. The SMILES string of the molecule is CC1(C)SCCN(S(=O)(=O)c2ccc(-c3ccc(F)cc3F)cc2)[C@H]1C(=O)NO. The minimum absolute atomic E-state index is 0.0674. The topological polar surface area (TPSA) is 86.7 Å². The Morgan fingerprint density at radius 3 is 2.45 bits per heavy atom. The van der Waals surface area contributed by atoms with Gasteiger partial charge >= 0.3 is 0 Å². The molecule has 1 saturated heterocycles. The molecule has 1 fully saturated rings. The van der Waals surface area contributed by atoms with E-state index in [1.54, 1.807) is 19.3 Å². The van der Waals surface area contributed by atoms with Crippen LogP contribution >= 0.6 is 11.8 Å². The second kappa shape index (κ2) is 8.02. The summed E-state index contributed by atoms with van der Waals surface area (Å²) >= 11 is 1.44. The molecular formula is C19H20F2N2O4S2. The lowest BCUT2D eigenvalue weighted by Crippen LogP contribution is -2.61. The van der Waals surface area contributed by atoms with Gasteiger partial charge in [0.15, 0.2) is 0 Å². The number of hydrogen-bond acceptors (Lipinski definition) is 5. The van der Waals surface area contributed by atoms with Crippen molar-refractivity contribution in [2.75, 3.05) is 12.3 Å². The molecule has 0 saturated carbocycles. The van der Waals surface area contributed by atoms with E-state index >= 15 is 0 Å². The van der Waals surface area contributed by atoms with E-state index in [1.165, 1.54) is 42.1 Å². The molecule has 1 atom stereocenters. The van der Waals surface area contributed by atoms with E-state index in [1.807, 2.05) is 0 Å². The number of nitrogens with one attached hydrogen (secondary N) is 1. The van der Waals surface area contributed by atoms with Crippen molar-refractivity contribution in [1.29, 1.82) is 0 Å². The van der Waals surface area contributed by atoms with Crippen LogP contribution in [0.1, 0.15) is 13.8 Å². The lowest BCUT2D eigenvalue weighted by molar-refractivity contribution is -0.134. The van der Waals surface area contributed by atoms with Crippen LogP contribution in [0.25, 0.3) is 11.1 Å². The van der Waals surface area contributed by atoms with Gasteiger partial charge in [0.25, 0.3) is 5.91 Å². The summed E-state index contributed by atoms with van der Waals surface area (Å²) in [6, 6.07) is 7.53. The zero-order chi connectivity index (χ0) is 21.4. The summed E-state index contributed by atoms with van der Waals surface area (Å²) < 4.78 is 53.8. The number of halogens is 2. The molecule has 1 aliphatic heterocycles. The van der Waals surface area contributed by atoms with Gasteiger partial charge in [-0.05, 0) is 43.7 Å². The van der Waals surface area contributed by atoms with Crippen molar-refractivity contribution < 1.29 is 27.2 Å². The molecule has 29 heavy (non-hydrogen) atoms. The lowest BCUT2D eigenvalue weighted by Gasteiger charge is -2.43. The molecule has 156 valence electrons. The van der Waals surface area contributed by atoms with Gasteiger partial charge in [-0.15, -0.1) is 0 Å². The van der Waals surface area contributed by atoms with Crippen molar-refractivity contribution in [3.05, 3.63) is 54.1 Å². The lowest BCUT2D eigenvalue weighted by atomic mass is 10.0. The smallest absolute Gasteiger partial charge is 0.263 e. The van der Waals surface area contributed by atoms with E-state index in [-0.39, 0.29) is 17.0 Å². The predicted octanol–water partition coefficient (Wildman–Crippen LogP) is 3.02. The Labute approximate surface area is 171 Å². The molecular weight excluding hydrogens is 422 g/mol. The Balaban J connectivity index is 1.97. The quantitative estimate of drug-likeness (QED) is 0.562. The van der Waals surface area contributed by atoms with Gasteiger partial charge in [0.2, 0.25) is 10.0 Å². The molecule has 0 aliphatic carbocycles. The molecule has 1 amide bonds. The normalized spacial score (nSPS) is 19.7. The molecule has 1 heterocycles. The first kappa shape index (κ1) is 21.7. The number of amides is 1. The largest absolute Gasteiger partial charge is 0.289 e. The summed E-state index contributed by atoms with van der Waals surface area (Å²) in [5.74, 6) is -1.78. The molecule has 2 N–H and O–H groups in total. The van der Waals surface area contributed by atoms with Crippen molar-refractivity contribution >= 4 is 27.7 Å². The molecule has 6 nitrogen and oxygen atoms in total. The number of sulfonamides is 1. The maximum absolute atomic E-state index is 14.0. The van der Waals surface area contributed by atoms with Crippen LogP contribution < -0.4 is 5.48 Å². The van der Waals surface area contributed by atoms with Gasteiger partial charge in [-0.1, -0.05) is 12.1 Å². The van der Waals surface area contributed by atoms with Gasteiger partial charge in [0, 0.05) is 28.7 Å². The van der Waals surface area contributed by atoms with Crippen molar-refractivity contribution in [2.45, 2.75) is 29.5 Å². The first-order chi connectivity index (χ1) is 13.6. The molecule has 0 aromatic heterocycles. The third-order valence-corrected chi connectivity index (χ3v) is 8.03. The van der Waals surface area contributed by atoms with E-state index in [9.17, 15) is 22.0 Å². The third-order valence-electron chi connectivity index (χ3n) is 4.79. The van der Waals surface area contributed by atoms with Gasteiger partial charge in [-0.25, -0.2) is 22.7 Å². The molecule has 0 unspecified atom stereocenters. The van der Waals surface area contributed by atoms with Crippen molar-refractivity contribution in [3.63, 3.8) is 0 Å². The highest BCUT2D eigenvalue weighted by molar-refractivity contribution is 8.00. The summed E-state index contributed by atoms with van der Waals surface area (Å²) in [4.78, 5) is 12.2. The maximum atomic E-state index is 14.0. The average Bonchev–Trinajstić information content (AvgIpc) is 2.66. The van der Waals surface area contributed by atoms with Crippen LogP contribution in [-0.2, 0) is 14.8 Å². The van der Waals surface area contributed by atoms with Crippen LogP contribution in [0.15, 0.2) is 47.4 Å². The van der Waals surface area contributed by atoms with Crippen LogP contribution in [0.3, 0.4) is 0 Å². The summed E-state index contributed by atoms with van der Waals surface area (Å²) in [7, 11) is -4.06. The van der Waals surface area contributed by atoms with Crippen LogP contribution in [0.5, 0.6) is 0 Å². The highest BCUT2D eigenvalue weighted by Gasteiger charge is 2.48. The van der Waals surface area contributed by atoms with Crippen molar-refractivity contribution in [2.24, 2.45) is 0 Å². The zero-order valence-corrected chi connectivity index (χ0v) is 17.4. The highest BCUT2D eigenvalue weighted by atomic mass is 32.2. The van der Waals surface area contributed by atoms with Gasteiger partial charge in [0.05, 0.1) is 4.90 Å². The van der Waals surface area contributed by atoms with Crippen molar-refractivity contribution in [3.8, 4) is 11.1 Å². The van der Waals surface area contributed by atoms with Gasteiger partial charge in [-0.3, -0.25) is 10.0 Å². The number of thioether (sulfide) groups is 1. The van der Waals surface area contributed by atoms with Crippen molar-refractivity contribution in [1.82, 2.24) is 9.79 Å². The second-order valence-corrected chi connectivity index (χ2v) is 10.7. The van der Waals surface area contributed by atoms with E-state index < -0.39 is 38.4 Å². The molecule has 2 aromatic carbocycles. The monoisotopic (exact) mass is 442 g/mol. The van der Waals surface area contributed by atoms with Gasteiger partial charge < -0.3 is 0 Å². The second-order valence-electron chi connectivity index (χ2n) is 7.09. The standard InChI is InChI=1S/C19H20F2N2O4S2/c1-19(2)17(18(24)22-25)23(9-10-28-19)29(26,27)14-6-3-12(4-7-14)15-8-5-13(20)11-16(15)21/h3-8,11,17,25H,9-10H2,1-2H3,(H,22,24)/t17-/m0/s1. The number of carbonyl (C=O) groups excluding carboxylic acids is 1. The molecule has 10 heteroatoms. The number of hydrogen-bond donors (Lipinski definition) is 2. The number of nitrogens with zero attached hydrogens (tertiary/aromatic N) is 1. The van der Waals surface area contributed by atoms with E-state index in [0.29, 0.717) is 11.3 Å². The van der Waals surface area contributed by atoms with Gasteiger partial charge in [0.1, 0.15) is 17.7 Å². The number of carbonyl (C=O) groups is 1. The minimum Gasteiger partial charge on any atom is -0.289 e. The summed E-state index contributed by atoms with van der Waals surface area (Å²) in [5, 5.41) is 9.09. The van der Waals surface area contributed by atoms with Crippen LogP contribution in [0.4, 0.5) is 8.78 Å². The molecule has 1 aliphatic rings. The van der Waals surface area contributed by atoms with Crippen LogP contribution in [0.2, 0.25) is 0 Å². The highest BCUT2D eigenvalue weighted by Crippen LogP contribution is 2.38. The Bertz CT molecular complexity index is 1030. The predicted molar refractivity (Wildman–Crippen MR) is 106 cm³/mol. The van der Waals surface area contributed by atoms with Gasteiger partial charge in [-0.2, -0.15) is 16.1 Å². The first-order valence-corrected chi connectivity index (χ1v) is 11.2. The zero-order valence-electron chi connectivity index (χ0n) is 15.7. The Morgan fingerprint density at radius 2 is 1.86 bits per heavy atom. The molecule has 0 radical (unpaired) electrons. The fraction of sp³-hybridized carbons (Fsp3) is 0.316. The summed E-state index contributed by atoms with van der Waals surface area (Å²) in [6.07, 6.45) is 0. The van der Waals surface area contributed by atoms with E-state index in [2.05, 4.69) is 0 Å². The molecule has 0 spiro atoms. The first-order valence-electron chi connectivity index (χ1n) is 8.73. The number of rotatable bonds is 4. The Kier molecular flexibility index (Phi) is 6.00. The van der Waals surface area contributed by atoms with Crippen LogP contribution in [0, 0.1) is 11.6 Å². The molecule has 2 aromatic rings. The minimum atomic E-state index is -4.06. The number of hydroxylamine groups is 1. The van der Waals surface area contributed by atoms with E-state index in [4.69, 9.17) is 5.21 Å². The number of benzene rings is 2. The Morgan fingerprint density at radius 1 is 1.21 bits per heavy atom. The third kappa shape index (κ3) is 4.16. The average molecular weight is 443 g/mol. The maximum Gasteiger partial charge on any atom is 0.263 e. The molecule has 3 rings (SSSR count). The molecule has 0 bridgehead atoms. The van der Waals surface area contributed by atoms with Crippen LogP contribution in [-0.4, -0.2) is 46.9 Å². The van der Waals surface area contributed by atoms with E-state index in [0.717, 1.165) is 16.4 Å². The summed E-state index contributed by atoms with van der Waals surface area (Å²) in [6.45, 7) is 3.57. The fourth-order valence-electron chi connectivity index (χ4n) is 3.39. The summed E-state index contributed by atoms with van der Waals surface area (Å²) in [5.41, 5.74) is 2.09.